The van der Waals surface area contributed by atoms with Gasteiger partial charge in [0.05, 0.1) is 16.7 Å². The number of benzene rings is 1. The first-order valence-electron chi connectivity index (χ1n) is 6.97. The van der Waals surface area contributed by atoms with Crippen molar-refractivity contribution in [1.29, 1.82) is 0 Å². The summed E-state index contributed by atoms with van der Waals surface area (Å²) in [7, 11) is 0. The molecular formula is C15H15N3O5S. The summed E-state index contributed by atoms with van der Waals surface area (Å²) in [6, 6.07) is 3.51. The van der Waals surface area contributed by atoms with Gasteiger partial charge in [-0.15, -0.1) is 11.3 Å². The van der Waals surface area contributed by atoms with Crippen LogP contribution < -0.4 is 5.32 Å². The maximum atomic E-state index is 12.3. The minimum Gasteiger partial charge on any atom is -0.477 e. The summed E-state index contributed by atoms with van der Waals surface area (Å²) in [5.41, 5.74) is 1.11. The van der Waals surface area contributed by atoms with Crippen LogP contribution in [0.5, 0.6) is 0 Å². The Morgan fingerprint density at radius 3 is 2.54 bits per heavy atom. The molecule has 24 heavy (non-hydrogen) atoms. The van der Waals surface area contributed by atoms with Gasteiger partial charge in [-0.25, -0.2) is 9.78 Å². The Bertz CT molecular complexity index is 831. The fourth-order valence-electron chi connectivity index (χ4n) is 2.15. The lowest BCUT2D eigenvalue weighted by molar-refractivity contribution is -0.384. The third-order valence-electron chi connectivity index (χ3n) is 3.39. The molecule has 0 radical (unpaired) electrons. The number of nitro groups is 1. The number of amides is 1. The summed E-state index contributed by atoms with van der Waals surface area (Å²) < 4.78 is 0. The predicted molar refractivity (Wildman–Crippen MR) is 87.5 cm³/mol. The summed E-state index contributed by atoms with van der Waals surface area (Å²) in [5.74, 6) is -1.46. The number of carbonyl (C=O) groups excluding carboxylic acids is 1. The van der Waals surface area contributed by atoms with Crippen LogP contribution in [-0.2, 0) is 0 Å². The molecule has 2 rings (SSSR count). The second kappa shape index (κ2) is 6.75. The Balaban J connectivity index is 2.18. The van der Waals surface area contributed by atoms with Gasteiger partial charge in [0.1, 0.15) is 9.88 Å². The summed E-state index contributed by atoms with van der Waals surface area (Å²) in [6.07, 6.45) is 0. The molecule has 1 aromatic carbocycles. The van der Waals surface area contributed by atoms with E-state index in [0.717, 1.165) is 11.3 Å². The van der Waals surface area contributed by atoms with Crippen LogP contribution in [0, 0.1) is 24.0 Å². The fourth-order valence-corrected chi connectivity index (χ4v) is 3.06. The van der Waals surface area contributed by atoms with E-state index in [-0.39, 0.29) is 10.6 Å². The minimum atomic E-state index is -1.05. The van der Waals surface area contributed by atoms with E-state index in [1.54, 1.807) is 20.8 Å². The van der Waals surface area contributed by atoms with Crippen molar-refractivity contribution in [3.63, 3.8) is 0 Å². The molecule has 0 aliphatic heterocycles. The van der Waals surface area contributed by atoms with Gasteiger partial charge in [0.15, 0.2) is 0 Å². The summed E-state index contributed by atoms with van der Waals surface area (Å²) in [4.78, 5) is 37.9. The van der Waals surface area contributed by atoms with Crippen molar-refractivity contribution < 1.29 is 19.6 Å². The van der Waals surface area contributed by atoms with E-state index in [1.807, 2.05) is 0 Å². The highest BCUT2D eigenvalue weighted by Crippen LogP contribution is 2.24. The number of aryl methyl sites for hydroxylation is 2. The van der Waals surface area contributed by atoms with E-state index in [4.69, 9.17) is 5.11 Å². The number of aromatic nitrogens is 1. The highest BCUT2D eigenvalue weighted by atomic mass is 32.1. The van der Waals surface area contributed by atoms with Crippen LogP contribution in [0.3, 0.4) is 0 Å². The number of nitrogens with one attached hydrogen (secondary N) is 1. The van der Waals surface area contributed by atoms with Crippen molar-refractivity contribution in [2.24, 2.45) is 0 Å². The summed E-state index contributed by atoms with van der Waals surface area (Å²) in [5, 5.41) is 23.0. The van der Waals surface area contributed by atoms with Gasteiger partial charge in [-0.2, -0.15) is 0 Å². The van der Waals surface area contributed by atoms with Gasteiger partial charge in [0, 0.05) is 17.7 Å². The monoisotopic (exact) mass is 349 g/mol. The first-order valence-corrected chi connectivity index (χ1v) is 7.79. The molecule has 2 aromatic rings. The van der Waals surface area contributed by atoms with Crippen LogP contribution in [0.15, 0.2) is 18.2 Å². The zero-order valence-electron chi connectivity index (χ0n) is 13.2. The molecule has 1 aromatic heterocycles. The van der Waals surface area contributed by atoms with E-state index < -0.39 is 22.8 Å². The van der Waals surface area contributed by atoms with Crippen molar-refractivity contribution in [1.82, 2.24) is 10.3 Å². The van der Waals surface area contributed by atoms with Crippen molar-refractivity contribution in [2.45, 2.75) is 26.8 Å². The van der Waals surface area contributed by atoms with Crippen LogP contribution >= 0.6 is 11.3 Å². The molecule has 8 nitrogen and oxygen atoms in total. The van der Waals surface area contributed by atoms with E-state index in [9.17, 15) is 19.7 Å². The maximum absolute atomic E-state index is 12.3. The van der Waals surface area contributed by atoms with Gasteiger partial charge in [-0.05, 0) is 32.4 Å². The minimum absolute atomic E-state index is 0.0845. The molecular weight excluding hydrogens is 334 g/mol. The molecule has 0 bridgehead atoms. The standard InChI is InChI=1S/C15H15N3O5S/c1-7-6-10(18(22)23)4-5-11(7)13(19)16-9(3)14-17-8(2)12(24-14)15(20)21/h4-6,9H,1-3H3,(H,16,19)(H,20,21). The quantitative estimate of drug-likeness (QED) is 0.632. The predicted octanol–water partition coefficient (Wildman–Crippen LogP) is 2.86. The fraction of sp³-hybridized carbons (Fsp3) is 0.267. The Morgan fingerprint density at radius 2 is 2.04 bits per heavy atom. The largest absolute Gasteiger partial charge is 0.477 e. The number of carboxylic acid groups (broad SMARTS) is 1. The number of aromatic carboxylic acids is 1. The number of hydrogen-bond donors (Lipinski definition) is 2. The summed E-state index contributed by atoms with van der Waals surface area (Å²) >= 11 is 1.01. The second-order valence-corrected chi connectivity index (χ2v) is 6.25. The second-order valence-electron chi connectivity index (χ2n) is 5.22. The van der Waals surface area contributed by atoms with Crippen molar-refractivity contribution in [3.05, 3.63) is 55.0 Å². The smallest absolute Gasteiger partial charge is 0.347 e. The van der Waals surface area contributed by atoms with Gasteiger partial charge in [-0.3, -0.25) is 14.9 Å². The van der Waals surface area contributed by atoms with Gasteiger partial charge in [-0.1, -0.05) is 0 Å². The number of nitrogens with zero attached hydrogens (tertiary/aromatic N) is 2. The average molecular weight is 349 g/mol. The molecule has 9 heteroatoms. The molecule has 0 aliphatic rings. The van der Waals surface area contributed by atoms with Crippen LogP contribution in [0.4, 0.5) is 5.69 Å². The zero-order chi connectivity index (χ0) is 18.0. The highest BCUT2D eigenvalue weighted by molar-refractivity contribution is 7.13. The topological polar surface area (TPSA) is 122 Å². The molecule has 0 saturated carbocycles. The molecule has 2 N–H and O–H groups in total. The third-order valence-corrected chi connectivity index (χ3v) is 4.72. The van der Waals surface area contributed by atoms with E-state index in [1.165, 1.54) is 18.2 Å². The lowest BCUT2D eigenvalue weighted by atomic mass is 10.1. The molecule has 1 heterocycles. The number of carbonyl (C=O) groups is 2. The normalized spacial score (nSPS) is 11.8. The maximum Gasteiger partial charge on any atom is 0.347 e. The number of non-ortho nitro benzene ring substituents is 1. The Hall–Kier alpha value is -2.81. The van der Waals surface area contributed by atoms with Crippen molar-refractivity contribution in [3.8, 4) is 0 Å². The number of thiazole rings is 1. The van der Waals surface area contributed by atoms with Gasteiger partial charge >= 0.3 is 5.97 Å². The van der Waals surface area contributed by atoms with E-state index in [0.29, 0.717) is 21.8 Å². The Morgan fingerprint density at radius 1 is 1.38 bits per heavy atom. The van der Waals surface area contributed by atoms with Gasteiger partial charge in [0.25, 0.3) is 11.6 Å². The van der Waals surface area contributed by atoms with Crippen LogP contribution in [0.1, 0.15) is 49.3 Å². The van der Waals surface area contributed by atoms with Crippen LogP contribution in [0.25, 0.3) is 0 Å². The third kappa shape index (κ3) is 3.57. The molecule has 126 valence electrons. The molecule has 1 unspecified atom stereocenters. The first-order chi connectivity index (χ1) is 11.2. The number of nitro benzene ring substituents is 1. The first kappa shape index (κ1) is 17.5. The highest BCUT2D eigenvalue weighted by Gasteiger charge is 2.21. The lowest BCUT2D eigenvalue weighted by Gasteiger charge is -2.12. The molecule has 0 aliphatic carbocycles. The number of rotatable bonds is 5. The molecule has 0 spiro atoms. The molecule has 1 amide bonds. The van der Waals surface area contributed by atoms with Crippen LogP contribution in [-0.4, -0.2) is 26.9 Å². The van der Waals surface area contributed by atoms with E-state index >= 15 is 0 Å². The lowest BCUT2D eigenvalue weighted by Crippen LogP contribution is -2.27. The zero-order valence-corrected chi connectivity index (χ0v) is 14.0. The Kier molecular flexibility index (Phi) is 4.93. The van der Waals surface area contributed by atoms with Gasteiger partial charge in [0.2, 0.25) is 0 Å². The molecule has 1 atom stereocenters. The Labute approximate surface area is 141 Å². The van der Waals surface area contributed by atoms with Gasteiger partial charge < -0.3 is 10.4 Å². The van der Waals surface area contributed by atoms with Crippen molar-refractivity contribution >= 4 is 28.9 Å². The average Bonchev–Trinajstić information content (AvgIpc) is 2.89. The SMILES string of the molecule is Cc1cc([N+](=O)[O-])ccc1C(=O)NC(C)c1nc(C)c(C(=O)O)s1. The van der Waals surface area contributed by atoms with Crippen molar-refractivity contribution in [2.75, 3.05) is 0 Å². The molecule has 0 saturated heterocycles. The molecule has 0 fully saturated rings. The number of hydrogen-bond acceptors (Lipinski definition) is 6. The number of carboxylic acids is 1. The van der Waals surface area contributed by atoms with Crippen LogP contribution in [0.2, 0.25) is 0 Å². The van der Waals surface area contributed by atoms with E-state index in [2.05, 4.69) is 10.3 Å². The summed E-state index contributed by atoms with van der Waals surface area (Å²) in [6.45, 7) is 4.91.